The molecule has 0 aliphatic carbocycles. The number of hydrogen-bond acceptors (Lipinski definition) is 7. The number of anilines is 2. The topological polar surface area (TPSA) is 43.7 Å². The van der Waals surface area contributed by atoms with E-state index < -0.39 is 0 Å². The molecule has 4 heterocycles. The predicted molar refractivity (Wildman–Crippen MR) is 137 cm³/mol. The average molecular weight is 466 g/mol. The summed E-state index contributed by atoms with van der Waals surface area (Å²) in [5.41, 5.74) is 5.37. The molecule has 2 aliphatic rings. The molecule has 1 aromatic carbocycles. The second-order valence-corrected chi connectivity index (χ2v) is 10.1. The Bertz CT molecular complexity index is 1060. The molecule has 2 aromatic heterocycles. The van der Waals surface area contributed by atoms with Gasteiger partial charge in [0.1, 0.15) is 0 Å². The minimum absolute atomic E-state index is 0.942. The van der Waals surface area contributed by atoms with Crippen LogP contribution >= 0.6 is 11.3 Å². The minimum atomic E-state index is 0.942. The smallest absolute Gasteiger partial charge is 0.218 e. The lowest BCUT2D eigenvalue weighted by atomic mass is 10.1. The van der Waals surface area contributed by atoms with Crippen molar-refractivity contribution < 1.29 is 0 Å². The fourth-order valence-electron chi connectivity index (χ4n) is 4.86. The fraction of sp³-hybridized carbons (Fsp3) is 0.520. The summed E-state index contributed by atoms with van der Waals surface area (Å²) in [6.45, 7) is 17.2. The summed E-state index contributed by atoms with van der Waals surface area (Å²) in [7, 11) is 0. The van der Waals surface area contributed by atoms with E-state index >= 15 is 0 Å². The Kier molecular flexibility index (Phi) is 6.66. The van der Waals surface area contributed by atoms with Gasteiger partial charge in [-0.1, -0.05) is 30.4 Å². The van der Waals surface area contributed by atoms with Crippen molar-refractivity contribution in [3.63, 3.8) is 0 Å². The molecular formula is C25H35N7S. The number of aromatic nitrogens is 3. The summed E-state index contributed by atoms with van der Waals surface area (Å²) < 4.78 is 2.22. The molecule has 7 nitrogen and oxygen atoms in total. The van der Waals surface area contributed by atoms with E-state index in [4.69, 9.17) is 0 Å². The summed E-state index contributed by atoms with van der Waals surface area (Å²) in [5.74, 6) is 0. The Hall–Kier alpha value is -2.42. The first kappa shape index (κ1) is 22.4. The van der Waals surface area contributed by atoms with Crippen LogP contribution < -0.4 is 9.80 Å². The van der Waals surface area contributed by atoms with Crippen LogP contribution in [0.5, 0.6) is 0 Å². The lowest BCUT2D eigenvalue weighted by Crippen LogP contribution is -2.46. The molecule has 2 saturated heterocycles. The van der Waals surface area contributed by atoms with E-state index in [0.717, 1.165) is 75.7 Å². The zero-order valence-corrected chi connectivity index (χ0v) is 20.9. The molecule has 176 valence electrons. The van der Waals surface area contributed by atoms with E-state index in [1.54, 1.807) is 11.3 Å². The predicted octanol–water partition coefficient (Wildman–Crippen LogP) is 3.41. The van der Waals surface area contributed by atoms with E-state index in [1.165, 1.54) is 22.5 Å². The summed E-state index contributed by atoms with van der Waals surface area (Å²) in [6.07, 6.45) is 2.13. The Morgan fingerprint density at radius 1 is 0.818 bits per heavy atom. The molecule has 2 aliphatic heterocycles. The van der Waals surface area contributed by atoms with Gasteiger partial charge in [-0.05, 0) is 49.7 Å². The Morgan fingerprint density at radius 3 is 2.27 bits per heavy atom. The molecule has 0 radical (unpaired) electrons. The first-order valence-corrected chi connectivity index (χ1v) is 12.9. The quantitative estimate of drug-likeness (QED) is 0.556. The van der Waals surface area contributed by atoms with Gasteiger partial charge in [0, 0.05) is 76.5 Å². The number of likely N-dealkylation sites (N-methyl/N-ethyl adjacent to an activating group) is 1. The molecule has 33 heavy (non-hydrogen) atoms. The molecule has 0 spiro atoms. The highest BCUT2D eigenvalue weighted by atomic mass is 32.1. The van der Waals surface area contributed by atoms with Gasteiger partial charge in [-0.2, -0.15) is 0 Å². The molecule has 2 fully saturated rings. The fourth-order valence-corrected chi connectivity index (χ4v) is 5.77. The van der Waals surface area contributed by atoms with Crippen LogP contribution in [0.4, 0.5) is 10.8 Å². The van der Waals surface area contributed by atoms with Crippen molar-refractivity contribution in [2.75, 3.05) is 68.7 Å². The lowest BCUT2D eigenvalue weighted by Gasteiger charge is -2.37. The summed E-state index contributed by atoms with van der Waals surface area (Å²) in [4.78, 5) is 9.96. The number of nitrogens with zero attached hydrogens (tertiary/aromatic N) is 7. The third-order valence-electron chi connectivity index (χ3n) is 7.00. The van der Waals surface area contributed by atoms with Crippen molar-refractivity contribution >= 4 is 22.2 Å². The van der Waals surface area contributed by atoms with Crippen molar-refractivity contribution in [1.29, 1.82) is 0 Å². The van der Waals surface area contributed by atoms with Gasteiger partial charge in [-0.25, -0.2) is 0 Å². The van der Waals surface area contributed by atoms with Crippen molar-refractivity contribution in [3.05, 3.63) is 53.3 Å². The van der Waals surface area contributed by atoms with Crippen LogP contribution in [0.25, 0.3) is 5.13 Å². The molecule has 0 unspecified atom stereocenters. The summed E-state index contributed by atoms with van der Waals surface area (Å²) in [6, 6.07) is 11.1. The minimum Gasteiger partial charge on any atom is -0.369 e. The zero-order chi connectivity index (χ0) is 22.8. The maximum absolute atomic E-state index is 4.55. The van der Waals surface area contributed by atoms with E-state index in [0.29, 0.717) is 0 Å². The van der Waals surface area contributed by atoms with E-state index in [9.17, 15) is 0 Å². The highest BCUT2D eigenvalue weighted by molar-refractivity contribution is 7.17. The number of benzene rings is 1. The van der Waals surface area contributed by atoms with Gasteiger partial charge in [0.2, 0.25) is 10.3 Å². The van der Waals surface area contributed by atoms with Gasteiger partial charge in [0.15, 0.2) is 0 Å². The van der Waals surface area contributed by atoms with Gasteiger partial charge < -0.3 is 14.7 Å². The van der Waals surface area contributed by atoms with Crippen molar-refractivity contribution in [2.45, 2.75) is 27.3 Å². The van der Waals surface area contributed by atoms with Crippen LogP contribution in [0.15, 0.2) is 36.5 Å². The highest BCUT2D eigenvalue weighted by Crippen LogP contribution is 2.27. The molecular weight excluding hydrogens is 430 g/mol. The van der Waals surface area contributed by atoms with Crippen LogP contribution in [-0.2, 0) is 6.54 Å². The second-order valence-electron chi connectivity index (χ2n) is 9.21. The van der Waals surface area contributed by atoms with Crippen LogP contribution in [0.2, 0.25) is 0 Å². The number of piperazine rings is 2. The van der Waals surface area contributed by atoms with Gasteiger partial charge >= 0.3 is 0 Å². The van der Waals surface area contributed by atoms with Crippen molar-refractivity contribution in [3.8, 4) is 5.13 Å². The van der Waals surface area contributed by atoms with Gasteiger partial charge in [0.25, 0.3) is 0 Å². The standard InChI is InChI=1S/C25H35N7S/c1-4-28-10-16-31(17-11-28)24-26-27-25(33-24)32-9-5-6-22(32)19-29-12-14-30(15-13-29)23-18-20(2)7-8-21(23)3/h5-9,18H,4,10-17,19H2,1-3H3. The van der Waals surface area contributed by atoms with Gasteiger partial charge in [-0.3, -0.25) is 9.47 Å². The average Bonchev–Trinajstić information content (AvgIpc) is 3.51. The number of hydrogen-bond donors (Lipinski definition) is 0. The Labute approximate surface area is 201 Å². The first-order chi connectivity index (χ1) is 16.1. The lowest BCUT2D eigenvalue weighted by molar-refractivity contribution is 0.246. The summed E-state index contributed by atoms with van der Waals surface area (Å²) >= 11 is 1.70. The molecule has 0 N–H and O–H groups in total. The van der Waals surface area contributed by atoms with E-state index in [2.05, 4.69) is 91.7 Å². The van der Waals surface area contributed by atoms with E-state index in [-0.39, 0.29) is 0 Å². The normalized spacial score (nSPS) is 18.3. The maximum Gasteiger partial charge on any atom is 0.218 e. The van der Waals surface area contributed by atoms with Gasteiger partial charge in [0.05, 0.1) is 0 Å². The number of rotatable bonds is 6. The highest BCUT2D eigenvalue weighted by Gasteiger charge is 2.22. The summed E-state index contributed by atoms with van der Waals surface area (Å²) in [5, 5.41) is 11.1. The zero-order valence-electron chi connectivity index (χ0n) is 20.1. The Balaban J connectivity index is 1.21. The third-order valence-corrected chi connectivity index (χ3v) is 7.98. The molecule has 0 bridgehead atoms. The molecule has 5 rings (SSSR count). The van der Waals surface area contributed by atoms with Crippen LogP contribution in [0.3, 0.4) is 0 Å². The largest absolute Gasteiger partial charge is 0.369 e. The Morgan fingerprint density at radius 2 is 1.52 bits per heavy atom. The first-order valence-electron chi connectivity index (χ1n) is 12.1. The monoisotopic (exact) mass is 465 g/mol. The molecule has 0 atom stereocenters. The van der Waals surface area contributed by atoms with Crippen LogP contribution in [0, 0.1) is 13.8 Å². The van der Waals surface area contributed by atoms with Crippen molar-refractivity contribution in [1.82, 2.24) is 24.6 Å². The van der Waals surface area contributed by atoms with Crippen molar-refractivity contribution in [2.24, 2.45) is 0 Å². The van der Waals surface area contributed by atoms with Crippen LogP contribution in [0.1, 0.15) is 23.7 Å². The molecule has 0 amide bonds. The van der Waals surface area contributed by atoms with E-state index in [1.807, 2.05) is 0 Å². The number of aryl methyl sites for hydroxylation is 2. The SMILES string of the molecule is CCN1CCN(c2nnc(-n3cccc3CN3CCN(c4cc(C)ccc4C)CC3)s2)CC1. The molecule has 0 saturated carbocycles. The molecule has 8 heteroatoms. The maximum atomic E-state index is 4.55. The van der Waals surface area contributed by atoms with Crippen LogP contribution in [-0.4, -0.2) is 83.5 Å². The van der Waals surface area contributed by atoms with Gasteiger partial charge in [-0.15, -0.1) is 10.2 Å². The second kappa shape index (κ2) is 9.83. The molecule has 3 aromatic rings. The third kappa shape index (κ3) is 4.93.